The number of methoxy groups -OCH3 is 1. The molecule has 3 aromatic heterocycles. The minimum absolute atomic E-state index is 0.112. The smallest absolute Gasteiger partial charge is 0.241 e. The molecule has 1 aliphatic carbocycles. The fourth-order valence-electron chi connectivity index (χ4n) is 4.70. The Morgan fingerprint density at radius 3 is 2.87 bits per heavy atom. The molecule has 5 rings (SSSR count). The Kier molecular flexibility index (Phi) is 5.38. The zero-order chi connectivity index (χ0) is 21.4. The highest BCUT2D eigenvalue weighted by atomic mass is 16.5. The van der Waals surface area contributed by atoms with Gasteiger partial charge in [0.25, 0.3) is 0 Å². The molecule has 0 aliphatic heterocycles. The number of hydrogen-bond donors (Lipinski definition) is 3. The highest BCUT2D eigenvalue weighted by Gasteiger charge is 2.25. The van der Waals surface area contributed by atoms with E-state index < -0.39 is 0 Å². The van der Waals surface area contributed by atoms with Crippen LogP contribution in [-0.4, -0.2) is 50.6 Å². The summed E-state index contributed by atoms with van der Waals surface area (Å²) in [5, 5.41) is 19.4. The summed E-state index contributed by atoms with van der Waals surface area (Å²) in [5.74, 6) is 0.967. The van der Waals surface area contributed by atoms with E-state index in [1.165, 1.54) is 11.1 Å². The largest absolute Gasteiger partial charge is 0.393 e. The molecule has 3 heterocycles. The Morgan fingerprint density at radius 1 is 1.23 bits per heavy atom. The standard InChI is InChI=1S/C24H29N5O2/c1-15(14-31-2)27-24-26-13-23-20(18-4-3-16-9-10-25-21(16)11-18)12-22(29(23)28-24)17-5-7-19(30)8-6-17/h3-4,9-13,15,17,19,25,30H,5-8,14H2,1-2H3,(H,27,28)/t15-,17?,19?/m0/s1. The van der Waals surface area contributed by atoms with E-state index in [9.17, 15) is 5.11 Å². The van der Waals surface area contributed by atoms with Crippen molar-refractivity contribution in [3.63, 3.8) is 0 Å². The van der Waals surface area contributed by atoms with Gasteiger partial charge in [-0.25, -0.2) is 9.50 Å². The van der Waals surface area contributed by atoms with Crippen LogP contribution in [0.3, 0.4) is 0 Å². The molecule has 0 radical (unpaired) electrons. The predicted octanol–water partition coefficient (Wildman–Crippen LogP) is 4.34. The molecule has 3 N–H and O–H groups in total. The summed E-state index contributed by atoms with van der Waals surface area (Å²) in [6, 6.07) is 10.9. The number of ether oxygens (including phenoxy) is 1. The summed E-state index contributed by atoms with van der Waals surface area (Å²) < 4.78 is 7.28. The normalized spacial score (nSPS) is 20.4. The molecule has 7 nitrogen and oxygen atoms in total. The molecule has 0 unspecified atom stereocenters. The summed E-state index contributed by atoms with van der Waals surface area (Å²) in [5.41, 5.74) is 5.58. The summed E-state index contributed by atoms with van der Waals surface area (Å²) >= 11 is 0. The maximum atomic E-state index is 9.99. The van der Waals surface area contributed by atoms with Crippen molar-refractivity contribution in [1.29, 1.82) is 0 Å². The van der Waals surface area contributed by atoms with Crippen LogP contribution < -0.4 is 5.32 Å². The van der Waals surface area contributed by atoms with E-state index in [0.717, 1.165) is 47.8 Å². The summed E-state index contributed by atoms with van der Waals surface area (Å²) in [6.07, 6.45) is 7.30. The first kappa shape index (κ1) is 20.0. The Bertz CT molecular complexity index is 1190. The highest BCUT2D eigenvalue weighted by Crippen LogP contribution is 2.38. The SMILES string of the molecule is COC[C@H](C)Nc1ncc2c(-c3ccc4cc[nH]c4c3)cc(C3CCC(O)CC3)n2n1. The van der Waals surface area contributed by atoms with Crippen LogP contribution in [-0.2, 0) is 4.74 Å². The molecule has 4 aromatic rings. The molecule has 1 aliphatic rings. The molecule has 0 bridgehead atoms. The quantitative estimate of drug-likeness (QED) is 0.433. The van der Waals surface area contributed by atoms with Crippen molar-refractivity contribution in [2.24, 2.45) is 0 Å². The molecule has 7 heteroatoms. The van der Waals surface area contributed by atoms with Crippen molar-refractivity contribution in [2.75, 3.05) is 19.0 Å². The number of benzene rings is 1. The van der Waals surface area contributed by atoms with Gasteiger partial charge in [-0.15, -0.1) is 5.10 Å². The van der Waals surface area contributed by atoms with Crippen molar-refractivity contribution in [3.8, 4) is 11.1 Å². The number of H-pyrrole nitrogens is 1. The number of hydrogen-bond acceptors (Lipinski definition) is 5. The molecular weight excluding hydrogens is 390 g/mol. The number of aromatic amines is 1. The third-order valence-electron chi connectivity index (χ3n) is 6.32. The minimum atomic E-state index is -0.182. The number of fused-ring (bicyclic) bond motifs is 2. The second-order valence-corrected chi connectivity index (χ2v) is 8.65. The lowest BCUT2D eigenvalue weighted by Gasteiger charge is -2.25. The van der Waals surface area contributed by atoms with Gasteiger partial charge in [0, 0.05) is 42.0 Å². The van der Waals surface area contributed by atoms with Crippen molar-refractivity contribution in [2.45, 2.75) is 50.7 Å². The van der Waals surface area contributed by atoms with Gasteiger partial charge in [-0.2, -0.15) is 0 Å². The second-order valence-electron chi connectivity index (χ2n) is 8.65. The number of nitrogens with one attached hydrogen (secondary N) is 2. The molecule has 1 atom stereocenters. The van der Waals surface area contributed by atoms with Gasteiger partial charge in [0.15, 0.2) is 0 Å². The van der Waals surface area contributed by atoms with Crippen LogP contribution >= 0.6 is 0 Å². The molecule has 1 saturated carbocycles. The van der Waals surface area contributed by atoms with Crippen molar-refractivity contribution in [1.82, 2.24) is 19.6 Å². The van der Waals surface area contributed by atoms with Crippen molar-refractivity contribution < 1.29 is 9.84 Å². The molecule has 162 valence electrons. The molecular formula is C24H29N5O2. The van der Waals surface area contributed by atoms with E-state index >= 15 is 0 Å². The third-order valence-corrected chi connectivity index (χ3v) is 6.32. The van der Waals surface area contributed by atoms with E-state index in [2.05, 4.69) is 45.6 Å². The number of anilines is 1. The van der Waals surface area contributed by atoms with Gasteiger partial charge in [0.1, 0.15) is 0 Å². The first-order valence-corrected chi connectivity index (χ1v) is 11.0. The van der Waals surface area contributed by atoms with Crippen LogP contribution in [0.2, 0.25) is 0 Å². The fourth-order valence-corrected chi connectivity index (χ4v) is 4.70. The minimum Gasteiger partial charge on any atom is -0.393 e. The van der Waals surface area contributed by atoms with Gasteiger partial charge in [0.05, 0.1) is 24.4 Å². The summed E-state index contributed by atoms with van der Waals surface area (Å²) in [6.45, 7) is 2.63. The first-order chi connectivity index (χ1) is 15.1. The Hall–Kier alpha value is -2.90. The van der Waals surface area contributed by atoms with Gasteiger partial charge in [-0.3, -0.25) is 0 Å². The number of nitrogens with zero attached hydrogens (tertiary/aromatic N) is 3. The molecule has 0 amide bonds. The van der Waals surface area contributed by atoms with Gasteiger partial charge in [0.2, 0.25) is 5.95 Å². The lowest BCUT2D eigenvalue weighted by Crippen LogP contribution is -2.23. The van der Waals surface area contributed by atoms with Crippen LogP contribution in [0.1, 0.15) is 44.2 Å². The number of aliphatic hydroxyl groups is 1. The zero-order valence-electron chi connectivity index (χ0n) is 18.0. The molecule has 31 heavy (non-hydrogen) atoms. The topological polar surface area (TPSA) is 87.5 Å². The Balaban J connectivity index is 1.60. The van der Waals surface area contributed by atoms with Crippen LogP contribution in [0, 0.1) is 0 Å². The average molecular weight is 420 g/mol. The van der Waals surface area contributed by atoms with E-state index in [4.69, 9.17) is 9.84 Å². The van der Waals surface area contributed by atoms with Crippen LogP contribution in [0.5, 0.6) is 0 Å². The first-order valence-electron chi connectivity index (χ1n) is 11.0. The van der Waals surface area contributed by atoms with Crippen molar-refractivity contribution in [3.05, 3.63) is 48.4 Å². The maximum Gasteiger partial charge on any atom is 0.241 e. The second kappa shape index (κ2) is 8.32. The van der Waals surface area contributed by atoms with E-state index in [1.54, 1.807) is 7.11 Å². The monoisotopic (exact) mass is 419 g/mol. The lowest BCUT2D eigenvalue weighted by molar-refractivity contribution is 0.121. The predicted molar refractivity (Wildman–Crippen MR) is 122 cm³/mol. The average Bonchev–Trinajstić information content (AvgIpc) is 3.38. The number of aliphatic hydroxyl groups excluding tert-OH is 1. The number of rotatable bonds is 6. The van der Waals surface area contributed by atoms with E-state index in [-0.39, 0.29) is 12.1 Å². The highest BCUT2D eigenvalue weighted by molar-refractivity contribution is 5.89. The van der Waals surface area contributed by atoms with Gasteiger partial charge in [-0.05, 0) is 61.8 Å². The molecule has 0 saturated heterocycles. The zero-order valence-corrected chi connectivity index (χ0v) is 18.0. The fraction of sp³-hybridized carbons (Fsp3) is 0.417. The van der Waals surface area contributed by atoms with Crippen LogP contribution in [0.15, 0.2) is 42.7 Å². The summed E-state index contributed by atoms with van der Waals surface area (Å²) in [7, 11) is 1.69. The number of aromatic nitrogens is 4. The van der Waals surface area contributed by atoms with Crippen molar-refractivity contribution >= 4 is 22.4 Å². The summed E-state index contributed by atoms with van der Waals surface area (Å²) in [4.78, 5) is 7.90. The van der Waals surface area contributed by atoms with Crippen LogP contribution in [0.25, 0.3) is 27.5 Å². The van der Waals surface area contributed by atoms with E-state index in [0.29, 0.717) is 18.5 Å². The lowest BCUT2D eigenvalue weighted by atomic mass is 9.85. The Labute approximate surface area is 181 Å². The Morgan fingerprint density at radius 2 is 2.06 bits per heavy atom. The van der Waals surface area contributed by atoms with Gasteiger partial charge in [-0.1, -0.05) is 12.1 Å². The maximum absolute atomic E-state index is 9.99. The van der Waals surface area contributed by atoms with Gasteiger partial charge < -0.3 is 20.1 Å². The van der Waals surface area contributed by atoms with Gasteiger partial charge >= 0.3 is 0 Å². The third kappa shape index (κ3) is 3.91. The molecule has 0 spiro atoms. The molecule has 1 aromatic carbocycles. The van der Waals surface area contributed by atoms with Crippen LogP contribution in [0.4, 0.5) is 5.95 Å². The van der Waals surface area contributed by atoms with E-state index in [1.807, 2.05) is 23.8 Å². The molecule has 1 fully saturated rings.